The summed E-state index contributed by atoms with van der Waals surface area (Å²) in [5.41, 5.74) is 6.17. The molecule has 0 bridgehead atoms. The van der Waals surface area contributed by atoms with Gasteiger partial charge in [0.05, 0.1) is 13.7 Å². The number of fused-ring (bicyclic) bond motifs is 2. The fourth-order valence-electron chi connectivity index (χ4n) is 10.1. The molecule has 0 saturated carbocycles. The number of aromatic nitrogens is 3. The molecule has 0 aliphatic carbocycles. The maximum absolute atomic E-state index is 13.2. The Labute approximate surface area is 353 Å². The van der Waals surface area contributed by atoms with Crippen molar-refractivity contribution in [2.45, 2.75) is 69.0 Å². The molecule has 0 radical (unpaired) electrons. The number of hydrogen-bond donors (Lipinski definition) is 2. The standard InChI is InChI=1S/C45H51N9O5S/c1-58-38-22-31(28-53-16-3-15-46-53)23-39-41(38)42(48-59-39)49-60-35-5-2-4-33(25-35)51-20-13-45(14-21-51)11-18-50(19-12-45)26-30-10-17-52(27-30)34-6-7-36-32(24-34)29-54(44(36)57)37-8-9-40(55)47-43(37)56/h2-7,15-16,22-25,30,37H,8-14,17-21,26-29H2,1H3,(H,48,49)(H,47,55,56). The van der Waals surface area contributed by atoms with E-state index in [4.69, 9.17) is 9.26 Å². The minimum atomic E-state index is -0.586. The number of piperidine rings is 3. The molecule has 5 aromatic rings. The summed E-state index contributed by atoms with van der Waals surface area (Å²) in [6.07, 6.45) is 10.5. The van der Waals surface area contributed by atoms with E-state index in [0.717, 1.165) is 59.8 Å². The number of benzene rings is 3. The van der Waals surface area contributed by atoms with Crippen molar-refractivity contribution < 1.29 is 23.6 Å². The third kappa shape index (κ3) is 7.68. The summed E-state index contributed by atoms with van der Waals surface area (Å²) in [6.45, 7) is 8.67. The van der Waals surface area contributed by atoms with E-state index in [0.29, 0.717) is 53.6 Å². The molecule has 14 nitrogen and oxygen atoms in total. The summed E-state index contributed by atoms with van der Waals surface area (Å²) in [7, 11) is 1.67. The second kappa shape index (κ2) is 16.1. The predicted molar refractivity (Wildman–Crippen MR) is 230 cm³/mol. The lowest BCUT2D eigenvalue weighted by Gasteiger charge is -2.47. The number of carbonyl (C=O) groups is 3. The smallest absolute Gasteiger partial charge is 0.255 e. The Bertz CT molecular complexity index is 2400. The van der Waals surface area contributed by atoms with Crippen molar-refractivity contribution >= 4 is 57.8 Å². The minimum Gasteiger partial charge on any atom is -0.496 e. The molecule has 2 unspecified atom stereocenters. The molecule has 2 aromatic heterocycles. The molecule has 3 aromatic carbocycles. The highest BCUT2D eigenvalue weighted by Crippen LogP contribution is 2.43. The first kappa shape index (κ1) is 38.6. The van der Waals surface area contributed by atoms with Gasteiger partial charge < -0.3 is 33.6 Å². The maximum atomic E-state index is 13.2. The Morgan fingerprint density at radius 2 is 1.77 bits per heavy atom. The zero-order valence-corrected chi connectivity index (χ0v) is 34.8. The van der Waals surface area contributed by atoms with Crippen molar-refractivity contribution in [3.8, 4) is 5.75 Å². The van der Waals surface area contributed by atoms with Gasteiger partial charge >= 0.3 is 0 Å². The quantitative estimate of drug-likeness (QED) is 0.116. The van der Waals surface area contributed by atoms with Crippen molar-refractivity contribution in [2.24, 2.45) is 11.3 Å². The predicted octanol–water partition coefficient (Wildman–Crippen LogP) is 6.17. The summed E-state index contributed by atoms with van der Waals surface area (Å²) in [5.74, 6) is 1.21. The lowest BCUT2D eigenvalue weighted by atomic mass is 9.71. The van der Waals surface area contributed by atoms with Crippen LogP contribution in [0.2, 0.25) is 0 Å². The number of ether oxygens (including phenoxy) is 1. The molecule has 5 aliphatic heterocycles. The van der Waals surface area contributed by atoms with Crippen LogP contribution in [-0.2, 0) is 22.7 Å². The average molecular weight is 830 g/mol. The summed E-state index contributed by atoms with van der Waals surface area (Å²) in [5, 5.41) is 11.9. The van der Waals surface area contributed by atoms with E-state index < -0.39 is 6.04 Å². The van der Waals surface area contributed by atoms with Crippen molar-refractivity contribution in [1.82, 2.24) is 30.1 Å². The monoisotopic (exact) mass is 829 g/mol. The molecule has 312 valence electrons. The SMILES string of the molecule is COc1cc(Cn2cccn2)cc2onc(NSc3cccc(N4CCC5(CCN(CC6CCN(c7ccc8c(c7)CN(C7CCC(=O)NC7=O)C8=O)C6)CC5)CC4)c3)c12. The normalized spacial score (nSPS) is 21.9. The largest absolute Gasteiger partial charge is 0.496 e. The fraction of sp³-hybridized carbons (Fsp3) is 0.444. The van der Waals surface area contributed by atoms with Crippen LogP contribution in [0.4, 0.5) is 17.2 Å². The van der Waals surface area contributed by atoms with Crippen LogP contribution in [0.3, 0.4) is 0 Å². The number of hydrogen-bond acceptors (Lipinski definition) is 12. The molecule has 7 heterocycles. The first-order valence-electron chi connectivity index (χ1n) is 21.3. The number of nitrogens with zero attached hydrogens (tertiary/aromatic N) is 7. The second-order valence-electron chi connectivity index (χ2n) is 17.2. The number of likely N-dealkylation sites (tertiary alicyclic amines) is 1. The van der Waals surface area contributed by atoms with E-state index in [-0.39, 0.29) is 24.1 Å². The van der Waals surface area contributed by atoms with Gasteiger partial charge in [-0.1, -0.05) is 11.2 Å². The molecule has 2 atom stereocenters. The average Bonchev–Trinajstić information content (AvgIpc) is 4.09. The molecule has 15 heteroatoms. The van der Waals surface area contributed by atoms with Crippen LogP contribution < -0.4 is 24.6 Å². The molecule has 1 spiro atoms. The summed E-state index contributed by atoms with van der Waals surface area (Å²) >= 11 is 1.53. The maximum Gasteiger partial charge on any atom is 0.255 e. The van der Waals surface area contributed by atoms with Gasteiger partial charge in [-0.3, -0.25) is 24.4 Å². The number of imide groups is 1. The van der Waals surface area contributed by atoms with Crippen LogP contribution in [0.15, 0.2) is 82.5 Å². The highest BCUT2D eigenvalue weighted by Gasteiger charge is 2.41. The molecule has 4 saturated heterocycles. The zero-order chi connectivity index (χ0) is 40.8. The van der Waals surface area contributed by atoms with Gasteiger partial charge in [-0.05, 0) is 141 Å². The van der Waals surface area contributed by atoms with Gasteiger partial charge in [-0.25, -0.2) is 0 Å². The van der Waals surface area contributed by atoms with Gasteiger partial charge in [0, 0.05) is 79.9 Å². The van der Waals surface area contributed by atoms with Gasteiger partial charge in [0.15, 0.2) is 11.4 Å². The zero-order valence-electron chi connectivity index (χ0n) is 34.0. The van der Waals surface area contributed by atoms with Gasteiger partial charge in [-0.2, -0.15) is 5.10 Å². The van der Waals surface area contributed by atoms with Gasteiger partial charge in [0.2, 0.25) is 11.8 Å². The fourth-order valence-corrected chi connectivity index (χ4v) is 10.8. The van der Waals surface area contributed by atoms with Gasteiger partial charge in [-0.15, -0.1) is 0 Å². The molecular weight excluding hydrogens is 779 g/mol. The van der Waals surface area contributed by atoms with Crippen LogP contribution in [0.25, 0.3) is 11.0 Å². The number of nitrogens with one attached hydrogen (secondary N) is 2. The van der Waals surface area contributed by atoms with Crippen molar-refractivity contribution in [3.63, 3.8) is 0 Å². The van der Waals surface area contributed by atoms with Gasteiger partial charge in [0.25, 0.3) is 5.91 Å². The Hall–Kier alpha value is -5.54. The van der Waals surface area contributed by atoms with Crippen LogP contribution in [0, 0.1) is 11.3 Å². The number of amides is 3. The van der Waals surface area contributed by atoms with E-state index in [1.807, 2.05) is 35.1 Å². The molecule has 3 amide bonds. The van der Waals surface area contributed by atoms with E-state index >= 15 is 0 Å². The van der Waals surface area contributed by atoms with E-state index in [1.54, 1.807) is 18.2 Å². The third-order valence-corrected chi connectivity index (χ3v) is 14.4. The van der Waals surface area contributed by atoms with Crippen LogP contribution in [0.5, 0.6) is 5.75 Å². The summed E-state index contributed by atoms with van der Waals surface area (Å²) < 4.78 is 16.8. The number of methoxy groups -OCH3 is 1. The first-order chi connectivity index (χ1) is 29.3. The molecule has 5 aliphatic rings. The van der Waals surface area contributed by atoms with Crippen molar-refractivity contribution in [2.75, 3.05) is 67.4 Å². The van der Waals surface area contributed by atoms with Crippen molar-refractivity contribution in [1.29, 1.82) is 0 Å². The lowest BCUT2D eigenvalue weighted by Crippen LogP contribution is -2.52. The molecule has 10 rings (SSSR count). The summed E-state index contributed by atoms with van der Waals surface area (Å²) in [4.78, 5) is 47.8. The highest BCUT2D eigenvalue weighted by molar-refractivity contribution is 8.00. The number of carbonyl (C=O) groups excluding carboxylic acids is 3. The number of anilines is 3. The third-order valence-electron chi connectivity index (χ3n) is 13.6. The summed E-state index contributed by atoms with van der Waals surface area (Å²) in [6, 6.07) is 20.2. The van der Waals surface area contributed by atoms with Crippen LogP contribution in [0.1, 0.15) is 66.4 Å². The Balaban J connectivity index is 0.689. The van der Waals surface area contributed by atoms with E-state index in [9.17, 15) is 14.4 Å². The minimum absolute atomic E-state index is 0.117. The van der Waals surface area contributed by atoms with Crippen LogP contribution in [-0.4, -0.2) is 101 Å². The topological polar surface area (TPSA) is 141 Å². The number of rotatable bonds is 11. The molecule has 60 heavy (non-hydrogen) atoms. The first-order valence-corrected chi connectivity index (χ1v) is 22.1. The second-order valence-corrected chi connectivity index (χ2v) is 18.1. The molecular formula is C45H51N9O5S. The lowest BCUT2D eigenvalue weighted by molar-refractivity contribution is -0.136. The van der Waals surface area contributed by atoms with Gasteiger partial charge in [0.1, 0.15) is 17.2 Å². The highest BCUT2D eigenvalue weighted by atomic mass is 32.2. The Morgan fingerprint density at radius 3 is 2.57 bits per heavy atom. The van der Waals surface area contributed by atoms with Crippen LogP contribution >= 0.6 is 11.9 Å². The van der Waals surface area contributed by atoms with E-state index in [1.165, 1.54) is 62.8 Å². The molecule has 4 fully saturated rings. The Morgan fingerprint density at radius 1 is 0.933 bits per heavy atom. The van der Waals surface area contributed by atoms with Crippen molar-refractivity contribution in [3.05, 3.63) is 89.7 Å². The molecule has 2 N–H and O–H groups in total. The Kier molecular flexibility index (Phi) is 10.4. The van der Waals surface area contributed by atoms with E-state index in [2.05, 4.69) is 71.4 Å².